The molecule has 1 atom stereocenters. The van der Waals surface area contributed by atoms with E-state index >= 15 is 0 Å². The molecule has 0 aliphatic rings. The molecule has 0 spiro atoms. The van der Waals surface area contributed by atoms with Crippen molar-refractivity contribution in [2.75, 3.05) is 6.54 Å². The van der Waals surface area contributed by atoms with E-state index in [0.29, 0.717) is 11.6 Å². The van der Waals surface area contributed by atoms with Crippen molar-refractivity contribution in [1.82, 2.24) is 15.3 Å². The average Bonchev–Trinajstić information content (AvgIpc) is 2.46. The Labute approximate surface area is 118 Å². The van der Waals surface area contributed by atoms with Gasteiger partial charge in [-0.3, -0.25) is 0 Å². The van der Waals surface area contributed by atoms with Gasteiger partial charge in [-0.15, -0.1) is 0 Å². The number of ether oxygens (including phenoxy) is 1. The first-order valence-electron chi connectivity index (χ1n) is 6.62. The summed E-state index contributed by atoms with van der Waals surface area (Å²) in [5.41, 5.74) is 0.921. The molecule has 0 aliphatic carbocycles. The minimum absolute atomic E-state index is 0.0901. The van der Waals surface area contributed by atoms with E-state index < -0.39 is 0 Å². The third kappa shape index (κ3) is 3.74. The lowest BCUT2D eigenvalue weighted by Gasteiger charge is -2.17. The predicted molar refractivity (Wildman–Crippen MR) is 74.9 cm³/mol. The van der Waals surface area contributed by atoms with Crippen molar-refractivity contribution in [3.05, 3.63) is 53.9 Å². The number of benzene rings is 1. The molecule has 0 amide bonds. The van der Waals surface area contributed by atoms with Crippen molar-refractivity contribution in [2.45, 2.75) is 26.5 Å². The van der Waals surface area contributed by atoms with E-state index in [1.54, 1.807) is 24.5 Å². The highest BCUT2D eigenvalue weighted by molar-refractivity contribution is 5.36. The van der Waals surface area contributed by atoms with E-state index in [1.165, 1.54) is 12.1 Å². The molecule has 5 heteroatoms. The fourth-order valence-electron chi connectivity index (χ4n) is 1.95. The van der Waals surface area contributed by atoms with Gasteiger partial charge in [0, 0.05) is 30.1 Å². The quantitative estimate of drug-likeness (QED) is 0.880. The molecule has 1 unspecified atom stereocenters. The molecule has 1 aromatic heterocycles. The standard InChI is InChI=1S/C15H18FN3O/c1-3-17-11(2)13-6-5-12(16)9-14(13)20-10-15-18-7-4-8-19-15/h4-9,11,17H,3,10H2,1-2H3. The Bertz CT molecular complexity index is 548. The van der Waals surface area contributed by atoms with Gasteiger partial charge in [-0.2, -0.15) is 0 Å². The smallest absolute Gasteiger partial charge is 0.166 e. The topological polar surface area (TPSA) is 47.0 Å². The second-order valence-corrected chi connectivity index (χ2v) is 4.42. The summed E-state index contributed by atoms with van der Waals surface area (Å²) in [6.07, 6.45) is 3.30. The first-order valence-corrected chi connectivity index (χ1v) is 6.62. The molecule has 0 saturated heterocycles. The van der Waals surface area contributed by atoms with E-state index in [4.69, 9.17) is 4.74 Å². The third-order valence-electron chi connectivity index (χ3n) is 2.93. The Kier molecular flexibility index (Phi) is 5.01. The number of aromatic nitrogens is 2. The minimum Gasteiger partial charge on any atom is -0.485 e. The largest absolute Gasteiger partial charge is 0.485 e. The molecule has 4 nitrogen and oxygen atoms in total. The van der Waals surface area contributed by atoms with Crippen LogP contribution in [0.4, 0.5) is 4.39 Å². The number of halogens is 1. The van der Waals surface area contributed by atoms with Crippen molar-refractivity contribution >= 4 is 0 Å². The zero-order valence-electron chi connectivity index (χ0n) is 11.6. The lowest BCUT2D eigenvalue weighted by Crippen LogP contribution is -2.18. The molecule has 0 fully saturated rings. The van der Waals surface area contributed by atoms with E-state index in [2.05, 4.69) is 15.3 Å². The SMILES string of the molecule is CCNC(C)c1ccc(F)cc1OCc1ncccn1. The second kappa shape index (κ2) is 6.96. The maximum Gasteiger partial charge on any atom is 0.166 e. The number of hydrogen-bond donors (Lipinski definition) is 1. The first-order chi connectivity index (χ1) is 9.70. The molecular formula is C15H18FN3O. The van der Waals surface area contributed by atoms with Crippen molar-refractivity contribution < 1.29 is 9.13 Å². The molecule has 2 rings (SSSR count). The lowest BCUT2D eigenvalue weighted by atomic mass is 10.1. The van der Waals surface area contributed by atoms with Crippen LogP contribution in [0, 0.1) is 5.82 Å². The number of nitrogens with one attached hydrogen (secondary N) is 1. The fraction of sp³-hybridized carbons (Fsp3) is 0.333. The molecule has 0 radical (unpaired) electrons. The molecule has 0 saturated carbocycles. The highest BCUT2D eigenvalue weighted by Gasteiger charge is 2.12. The molecule has 0 aliphatic heterocycles. The number of rotatable bonds is 6. The summed E-state index contributed by atoms with van der Waals surface area (Å²) >= 11 is 0. The Balaban J connectivity index is 2.15. The van der Waals surface area contributed by atoms with Crippen LogP contribution >= 0.6 is 0 Å². The van der Waals surface area contributed by atoms with Crippen LogP contribution in [0.15, 0.2) is 36.7 Å². The maximum absolute atomic E-state index is 13.4. The third-order valence-corrected chi connectivity index (χ3v) is 2.93. The maximum atomic E-state index is 13.4. The Morgan fingerprint density at radius 3 is 2.75 bits per heavy atom. The van der Waals surface area contributed by atoms with Gasteiger partial charge in [-0.25, -0.2) is 14.4 Å². The number of hydrogen-bond acceptors (Lipinski definition) is 4. The molecule has 1 heterocycles. The Hall–Kier alpha value is -2.01. The molecule has 2 aromatic rings. The van der Waals surface area contributed by atoms with Crippen molar-refractivity contribution in [3.8, 4) is 5.75 Å². The molecule has 1 aromatic carbocycles. The molecule has 0 bridgehead atoms. The van der Waals surface area contributed by atoms with Gasteiger partial charge in [-0.1, -0.05) is 13.0 Å². The van der Waals surface area contributed by atoms with Gasteiger partial charge in [0.1, 0.15) is 18.2 Å². The summed E-state index contributed by atoms with van der Waals surface area (Å²) in [5, 5.41) is 3.29. The first kappa shape index (κ1) is 14.4. The van der Waals surface area contributed by atoms with E-state index in [1.807, 2.05) is 13.8 Å². The van der Waals surface area contributed by atoms with Gasteiger partial charge in [-0.05, 0) is 25.6 Å². The average molecular weight is 275 g/mol. The van der Waals surface area contributed by atoms with Crippen LogP contribution in [0.25, 0.3) is 0 Å². The van der Waals surface area contributed by atoms with Crippen LogP contribution < -0.4 is 10.1 Å². The highest BCUT2D eigenvalue weighted by Crippen LogP contribution is 2.26. The van der Waals surface area contributed by atoms with Gasteiger partial charge >= 0.3 is 0 Å². The summed E-state index contributed by atoms with van der Waals surface area (Å²) in [6.45, 7) is 5.09. The molecular weight excluding hydrogens is 257 g/mol. The van der Waals surface area contributed by atoms with Crippen LogP contribution in [-0.2, 0) is 6.61 Å². The Morgan fingerprint density at radius 1 is 1.30 bits per heavy atom. The van der Waals surface area contributed by atoms with Gasteiger partial charge in [0.25, 0.3) is 0 Å². The highest BCUT2D eigenvalue weighted by atomic mass is 19.1. The predicted octanol–water partition coefficient (Wildman–Crippen LogP) is 2.87. The zero-order chi connectivity index (χ0) is 14.4. The van der Waals surface area contributed by atoms with Crippen LogP contribution in [0.1, 0.15) is 31.3 Å². The summed E-state index contributed by atoms with van der Waals surface area (Å²) in [6, 6.07) is 6.40. The summed E-state index contributed by atoms with van der Waals surface area (Å²) in [4.78, 5) is 8.16. The fourth-order valence-corrected chi connectivity index (χ4v) is 1.95. The van der Waals surface area contributed by atoms with Gasteiger partial charge in [0.05, 0.1) is 0 Å². The summed E-state index contributed by atoms with van der Waals surface area (Å²) in [5.74, 6) is 0.770. The molecule has 1 N–H and O–H groups in total. The second-order valence-electron chi connectivity index (χ2n) is 4.42. The van der Waals surface area contributed by atoms with Crippen LogP contribution in [-0.4, -0.2) is 16.5 Å². The lowest BCUT2D eigenvalue weighted by molar-refractivity contribution is 0.288. The minimum atomic E-state index is -0.318. The summed E-state index contributed by atoms with van der Waals surface area (Å²) < 4.78 is 19.1. The van der Waals surface area contributed by atoms with E-state index in [0.717, 1.165) is 12.1 Å². The summed E-state index contributed by atoms with van der Waals surface area (Å²) in [7, 11) is 0. The van der Waals surface area contributed by atoms with Crippen LogP contribution in [0.5, 0.6) is 5.75 Å². The van der Waals surface area contributed by atoms with Crippen LogP contribution in [0.3, 0.4) is 0 Å². The van der Waals surface area contributed by atoms with E-state index in [9.17, 15) is 4.39 Å². The van der Waals surface area contributed by atoms with Crippen molar-refractivity contribution in [1.29, 1.82) is 0 Å². The number of nitrogens with zero attached hydrogens (tertiary/aromatic N) is 2. The molecule has 20 heavy (non-hydrogen) atoms. The Morgan fingerprint density at radius 2 is 2.05 bits per heavy atom. The molecule has 106 valence electrons. The van der Waals surface area contributed by atoms with Gasteiger partial charge < -0.3 is 10.1 Å². The monoisotopic (exact) mass is 275 g/mol. The van der Waals surface area contributed by atoms with Gasteiger partial charge in [0.2, 0.25) is 0 Å². The van der Waals surface area contributed by atoms with Crippen molar-refractivity contribution in [2.24, 2.45) is 0 Å². The normalized spacial score (nSPS) is 12.2. The van der Waals surface area contributed by atoms with Crippen molar-refractivity contribution in [3.63, 3.8) is 0 Å². The zero-order valence-corrected chi connectivity index (χ0v) is 11.6. The van der Waals surface area contributed by atoms with E-state index in [-0.39, 0.29) is 18.5 Å². The van der Waals surface area contributed by atoms with Crippen LogP contribution in [0.2, 0.25) is 0 Å². The van der Waals surface area contributed by atoms with Gasteiger partial charge in [0.15, 0.2) is 5.82 Å².